The molecule has 0 radical (unpaired) electrons. The number of nitro benzene ring substituents is 1. The maximum Gasteiger partial charge on any atom is 1.00 e. The molecule has 0 aliphatic heterocycles. The third kappa shape index (κ3) is 5.25. The summed E-state index contributed by atoms with van der Waals surface area (Å²) < 4.78 is 36.7. The number of carbonyl (C=O) groups is 1. The zero-order chi connectivity index (χ0) is 17.0. The van der Waals surface area contributed by atoms with E-state index in [1.54, 1.807) is 0 Å². The molecule has 0 saturated heterocycles. The van der Waals surface area contributed by atoms with E-state index in [0.29, 0.717) is 0 Å². The molecule has 0 saturated carbocycles. The van der Waals surface area contributed by atoms with Crippen LogP contribution in [0.25, 0.3) is 0 Å². The zero-order valence-electron chi connectivity index (χ0n) is 12.2. The van der Waals surface area contributed by atoms with E-state index in [1.165, 1.54) is 24.3 Å². The number of hydrogen-bond acceptors (Lipinski definition) is 8. The van der Waals surface area contributed by atoms with E-state index >= 15 is 0 Å². The summed E-state index contributed by atoms with van der Waals surface area (Å²) in [6.45, 7) is 0. The Hall–Kier alpha value is -2.05. The largest absolute Gasteiger partial charge is 1.00 e. The fourth-order valence-corrected chi connectivity index (χ4v) is 1.95. The monoisotopic (exact) mass is 361 g/mol. The van der Waals surface area contributed by atoms with Crippen molar-refractivity contribution in [1.29, 1.82) is 0 Å². The van der Waals surface area contributed by atoms with Gasteiger partial charge in [-0.25, -0.2) is 13.8 Å². The van der Waals surface area contributed by atoms with Crippen LogP contribution in [-0.4, -0.2) is 30.0 Å². The smallest absolute Gasteiger partial charge is 0.742 e. The Morgan fingerprint density at radius 2 is 2.00 bits per heavy atom. The molecule has 2 rings (SSSR count). The number of amides is 1. The van der Waals surface area contributed by atoms with Gasteiger partial charge in [0.15, 0.2) is 10.1 Å². The standard InChI is InChI=1S/C12H9N3O7S.Na/c16-12(8-2-1-3-9(6-8)15(17)18)14-13-7-10-4-5-11(22-10)23(19,20)21;/h1-7H,(H,14,16)(H,19,20,21);/q;+1/p-1. The van der Waals surface area contributed by atoms with Crippen LogP contribution >= 0.6 is 0 Å². The van der Waals surface area contributed by atoms with Gasteiger partial charge in [-0.3, -0.25) is 14.9 Å². The van der Waals surface area contributed by atoms with Crippen molar-refractivity contribution in [3.63, 3.8) is 0 Å². The Balaban J connectivity index is 0.00000288. The SMILES string of the molecule is O=C(NN=Cc1ccc(S(=O)(=O)[O-])o1)c1cccc([N+](=O)[O-])c1.[Na+]. The van der Waals surface area contributed by atoms with E-state index in [-0.39, 0.29) is 46.6 Å². The first-order chi connectivity index (χ1) is 10.8. The molecule has 1 aromatic carbocycles. The Morgan fingerprint density at radius 1 is 1.29 bits per heavy atom. The van der Waals surface area contributed by atoms with Crippen molar-refractivity contribution in [1.82, 2.24) is 5.43 Å². The van der Waals surface area contributed by atoms with E-state index in [4.69, 9.17) is 4.42 Å². The molecule has 0 aliphatic rings. The van der Waals surface area contributed by atoms with Crippen LogP contribution in [0, 0.1) is 10.1 Å². The maximum absolute atomic E-state index is 11.8. The van der Waals surface area contributed by atoms with E-state index in [9.17, 15) is 27.9 Å². The van der Waals surface area contributed by atoms with Crippen molar-refractivity contribution >= 4 is 27.9 Å². The molecule has 0 bridgehead atoms. The molecule has 0 unspecified atom stereocenters. The maximum atomic E-state index is 11.8. The number of hydrogen-bond donors (Lipinski definition) is 1. The van der Waals surface area contributed by atoms with E-state index < -0.39 is 26.0 Å². The van der Waals surface area contributed by atoms with Gasteiger partial charge in [0, 0.05) is 17.7 Å². The van der Waals surface area contributed by atoms with Crippen molar-refractivity contribution in [2.75, 3.05) is 0 Å². The molecular formula is C12H8N3NaO7S. The van der Waals surface area contributed by atoms with Gasteiger partial charge in [0.05, 0.1) is 11.1 Å². The molecule has 12 heteroatoms. The predicted molar refractivity (Wildman–Crippen MR) is 74.8 cm³/mol. The summed E-state index contributed by atoms with van der Waals surface area (Å²) in [5, 5.41) is 13.3. The minimum Gasteiger partial charge on any atom is -0.742 e. The third-order valence-corrected chi connectivity index (χ3v) is 3.24. The Morgan fingerprint density at radius 3 is 2.58 bits per heavy atom. The second kappa shape index (κ2) is 8.17. The van der Waals surface area contributed by atoms with Crippen LogP contribution < -0.4 is 35.0 Å². The number of furan rings is 1. The van der Waals surface area contributed by atoms with Crippen molar-refractivity contribution in [3.05, 3.63) is 57.8 Å². The van der Waals surface area contributed by atoms with Gasteiger partial charge in [0.1, 0.15) is 5.76 Å². The number of non-ortho nitro benzene ring substituents is 1. The molecule has 1 N–H and O–H groups in total. The average Bonchev–Trinajstić information content (AvgIpc) is 2.96. The second-order valence-corrected chi connectivity index (χ2v) is 5.43. The summed E-state index contributed by atoms with van der Waals surface area (Å²) >= 11 is 0. The van der Waals surface area contributed by atoms with Crippen LogP contribution in [-0.2, 0) is 10.1 Å². The third-order valence-electron chi connectivity index (χ3n) is 2.53. The second-order valence-electron chi connectivity index (χ2n) is 4.12. The number of carbonyl (C=O) groups excluding carboxylic acids is 1. The van der Waals surface area contributed by atoms with Crippen molar-refractivity contribution in [2.45, 2.75) is 5.09 Å². The van der Waals surface area contributed by atoms with Crippen molar-refractivity contribution in [3.8, 4) is 0 Å². The normalized spacial score (nSPS) is 11.0. The summed E-state index contributed by atoms with van der Waals surface area (Å²) in [5.74, 6) is -0.785. The van der Waals surface area contributed by atoms with Gasteiger partial charge in [-0.1, -0.05) is 6.07 Å². The average molecular weight is 361 g/mol. The fraction of sp³-hybridized carbons (Fsp3) is 0. The molecule has 1 heterocycles. The Kier molecular flexibility index (Phi) is 6.81. The van der Waals surface area contributed by atoms with Gasteiger partial charge in [-0.15, -0.1) is 0 Å². The number of nitrogens with zero attached hydrogens (tertiary/aromatic N) is 2. The Bertz CT molecular complexity index is 892. The van der Waals surface area contributed by atoms with Gasteiger partial charge in [-0.2, -0.15) is 5.10 Å². The number of nitrogens with one attached hydrogen (secondary N) is 1. The zero-order valence-corrected chi connectivity index (χ0v) is 15.0. The molecule has 0 aliphatic carbocycles. The number of rotatable bonds is 5. The topological polar surface area (TPSA) is 155 Å². The van der Waals surface area contributed by atoms with Crippen LogP contribution in [0.15, 0.2) is 51.0 Å². The summed E-state index contributed by atoms with van der Waals surface area (Å²) in [5.41, 5.74) is 1.84. The van der Waals surface area contributed by atoms with Gasteiger partial charge in [-0.05, 0) is 18.2 Å². The van der Waals surface area contributed by atoms with E-state index in [1.807, 2.05) is 0 Å². The molecule has 120 valence electrons. The number of benzene rings is 1. The van der Waals surface area contributed by atoms with Gasteiger partial charge >= 0.3 is 29.6 Å². The number of nitro groups is 1. The molecule has 0 fully saturated rings. The van der Waals surface area contributed by atoms with Gasteiger partial charge in [0.2, 0.25) is 5.09 Å². The van der Waals surface area contributed by atoms with Crippen LogP contribution in [0.1, 0.15) is 16.1 Å². The van der Waals surface area contributed by atoms with Crippen LogP contribution in [0.4, 0.5) is 5.69 Å². The number of hydrazone groups is 1. The minimum absolute atomic E-state index is 0. The molecule has 1 amide bonds. The first-order valence-electron chi connectivity index (χ1n) is 5.91. The molecule has 0 atom stereocenters. The summed E-state index contributed by atoms with van der Waals surface area (Å²) in [6, 6.07) is 7.12. The Labute approximate surface area is 157 Å². The van der Waals surface area contributed by atoms with Gasteiger partial charge in [0.25, 0.3) is 11.6 Å². The molecule has 1 aromatic heterocycles. The molecule has 2 aromatic rings. The molecule has 0 spiro atoms. The van der Waals surface area contributed by atoms with Crippen LogP contribution in [0.2, 0.25) is 0 Å². The summed E-state index contributed by atoms with van der Waals surface area (Å²) in [6.07, 6.45) is 0.976. The molecular weight excluding hydrogens is 353 g/mol. The quantitative estimate of drug-likeness (QED) is 0.209. The summed E-state index contributed by atoms with van der Waals surface area (Å²) in [7, 11) is -4.71. The minimum atomic E-state index is -4.71. The predicted octanol–water partition coefficient (Wildman–Crippen LogP) is -2.14. The van der Waals surface area contributed by atoms with E-state index in [2.05, 4.69) is 10.5 Å². The van der Waals surface area contributed by atoms with Crippen LogP contribution in [0.3, 0.4) is 0 Å². The van der Waals surface area contributed by atoms with Gasteiger partial charge < -0.3 is 8.97 Å². The first-order valence-corrected chi connectivity index (χ1v) is 7.32. The van der Waals surface area contributed by atoms with E-state index in [0.717, 1.165) is 18.3 Å². The summed E-state index contributed by atoms with van der Waals surface area (Å²) in [4.78, 5) is 21.7. The molecule has 10 nitrogen and oxygen atoms in total. The molecule has 24 heavy (non-hydrogen) atoms. The van der Waals surface area contributed by atoms with Crippen molar-refractivity contribution in [2.24, 2.45) is 5.10 Å². The first kappa shape index (κ1) is 20.0. The van der Waals surface area contributed by atoms with Crippen LogP contribution in [0.5, 0.6) is 0 Å². The fourth-order valence-electron chi connectivity index (χ4n) is 1.52. The van der Waals surface area contributed by atoms with Crippen molar-refractivity contribution < 1.29 is 56.7 Å².